The highest BCUT2D eigenvalue weighted by Gasteiger charge is 2.35. The van der Waals surface area contributed by atoms with Gasteiger partial charge in [-0.25, -0.2) is 0 Å². The smallest absolute Gasteiger partial charge is 0.255 e. The van der Waals surface area contributed by atoms with Crippen molar-refractivity contribution in [1.82, 2.24) is 4.90 Å². The van der Waals surface area contributed by atoms with Gasteiger partial charge >= 0.3 is 0 Å². The van der Waals surface area contributed by atoms with Crippen molar-refractivity contribution in [1.29, 1.82) is 0 Å². The van der Waals surface area contributed by atoms with E-state index in [1.807, 2.05) is 43.9 Å². The number of carbonyl (C=O) groups excluding carboxylic acids is 1. The van der Waals surface area contributed by atoms with E-state index in [9.17, 15) is 4.79 Å². The maximum atomic E-state index is 12.8. The van der Waals surface area contributed by atoms with Crippen molar-refractivity contribution in [2.75, 3.05) is 18.4 Å². The molecule has 0 aromatic heterocycles. The van der Waals surface area contributed by atoms with Gasteiger partial charge in [0.1, 0.15) is 0 Å². The van der Waals surface area contributed by atoms with E-state index in [1.165, 1.54) is 0 Å². The van der Waals surface area contributed by atoms with Crippen LogP contribution in [0.2, 0.25) is 0 Å². The van der Waals surface area contributed by atoms with Crippen LogP contribution < -0.4 is 0 Å². The third-order valence-electron chi connectivity index (χ3n) is 3.36. The van der Waals surface area contributed by atoms with Crippen LogP contribution in [-0.2, 0) is 4.74 Å². The minimum Gasteiger partial charge on any atom is -0.368 e. The van der Waals surface area contributed by atoms with E-state index in [0.29, 0.717) is 13.1 Å². The van der Waals surface area contributed by atoms with Gasteiger partial charge in [0.2, 0.25) is 0 Å². The molecule has 0 N–H and O–H groups in total. The molecule has 20 heavy (non-hydrogen) atoms. The van der Waals surface area contributed by atoms with E-state index < -0.39 is 0 Å². The summed E-state index contributed by atoms with van der Waals surface area (Å²) in [6, 6.07) is 5.88. The van der Waals surface area contributed by atoms with Crippen molar-refractivity contribution in [2.24, 2.45) is 0 Å². The lowest BCUT2D eigenvalue weighted by atomic mass is 10.0. The number of hydrogen-bond donors (Lipinski definition) is 0. The Morgan fingerprint density at radius 2 is 2.25 bits per heavy atom. The molecule has 0 bridgehead atoms. The van der Waals surface area contributed by atoms with E-state index in [1.54, 1.807) is 0 Å². The lowest BCUT2D eigenvalue weighted by molar-refractivity contribution is -0.116. The zero-order valence-corrected chi connectivity index (χ0v) is 15.7. The van der Waals surface area contributed by atoms with Crippen LogP contribution in [0, 0.1) is 10.5 Å². The number of ether oxygens (including phenoxy) is 1. The molecule has 1 aliphatic rings. The first kappa shape index (κ1) is 16.2. The lowest BCUT2D eigenvalue weighted by Gasteiger charge is -2.42. The average molecular weight is 452 g/mol. The Labute approximate surface area is 142 Å². The Morgan fingerprint density at radius 3 is 2.90 bits per heavy atom. The first-order valence-corrected chi connectivity index (χ1v) is 8.82. The zero-order chi connectivity index (χ0) is 14.9. The fourth-order valence-electron chi connectivity index (χ4n) is 2.51. The number of benzene rings is 1. The van der Waals surface area contributed by atoms with E-state index in [4.69, 9.17) is 4.74 Å². The second kappa shape index (κ2) is 6.32. The summed E-state index contributed by atoms with van der Waals surface area (Å²) in [4.78, 5) is 14.7. The highest BCUT2D eigenvalue weighted by Crippen LogP contribution is 2.25. The van der Waals surface area contributed by atoms with Crippen LogP contribution in [0.3, 0.4) is 0 Å². The van der Waals surface area contributed by atoms with Crippen molar-refractivity contribution in [3.63, 3.8) is 0 Å². The van der Waals surface area contributed by atoms with Crippen LogP contribution in [0.15, 0.2) is 18.2 Å². The molecule has 0 spiro atoms. The number of aryl methyl sites for hydroxylation is 1. The summed E-state index contributed by atoms with van der Waals surface area (Å²) >= 11 is 5.71. The number of rotatable bonds is 2. The molecule has 1 saturated heterocycles. The normalized spacial score (nSPS) is 21.9. The van der Waals surface area contributed by atoms with Crippen LogP contribution in [0.5, 0.6) is 0 Å². The van der Waals surface area contributed by atoms with Crippen molar-refractivity contribution >= 4 is 44.4 Å². The number of nitrogens with zero attached hydrogens (tertiary/aromatic N) is 1. The summed E-state index contributed by atoms with van der Waals surface area (Å²) in [5, 5.41) is 0.741. The Kier molecular flexibility index (Phi) is 5.13. The highest BCUT2D eigenvalue weighted by molar-refractivity contribution is 14.1. The average Bonchev–Trinajstić information content (AvgIpc) is 2.39. The van der Waals surface area contributed by atoms with E-state index in [2.05, 4.69) is 38.5 Å². The van der Waals surface area contributed by atoms with Crippen LogP contribution in [0.4, 0.5) is 0 Å². The minimum absolute atomic E-state index is 0.0465. The molecule has 1 aromatic carbocycles. The lowest BCUT2D eigenvalue weighted by Crippen LogP contribution is -2.55. The Balaban J connectivity index is 2.26. The summed E-state index contributed by atoms with van der Waals surface area (Å²) < 4.78 is 6.99. The van der Waals surface area contributed by atoms with Gasteiger partial charge in [-0.05, 0) is 55.0 Å². The molecule has 1 heterocycles. The van der Waals surface area contributed by atoms with E-state index >= 15 is 0 Å². The predicted molar refractivity (Wildman–Crippen MR) is 92.5 cm³/mol. The Morgan fingerprint density at radius 1 is 1.55 bits per heavy atom. The van der Waals surface area contributed by atoms with Crippen LogP contribution in [-0.4, -0.2) is 40.9 Å². The van der Waals surface area contributed by atoms with E-state index in [0.717, 1.165) is 20.0 Å². The summed E-state index contributed by atoms with van der Waals surface area (Å²) in [5.74, 6) is 0.0976. The summed E-state index contributed by atoms with van der Waals surface area (Å²) in [5.41, 5.74) is 1.62. The minimum atomic E-state index is -0.304. The van der Waals surface area contributed by atoms with Crippen LogP contribution in [0.1, 0.15) is 29.8 Å². The number of hydrogen-bond acceptors (Lipinski definition) is 2. The molecule has 2 rings (SSSR count). The quantitative estimate of drug-likeness (QED) is 0.507. The summed E-state index contributed by atoms with van der Waals surface area (Å²) in [6.07, 6.45) is 0.0465. The number of morpholine rings is 1. The van der Waals surface area contributed by atoms with Gasteiger partial charge in [-0.15, -0.1) is 0 Å². The van der Waals surface area contributed by atoms with Gasteiger partial charge in [-0.2, -0.15) is 0 Å². The molecular formula is C15H19BrINO2. The molecule has 1 aromatic rings. The zero-order valence-electron chi connectivity index (χ0n) is 12.0. The summed E-state index contributed by atoms with van der Waals surface area (Å²) in [7, 11) is 0. The van der Waals surface area contributed by atoms with Crippen molar-refractivity contribution in [3.8, 4) is 0 Å². The van der Waals surface area contributed by atoms with Crippen molar-refractivity contribution in [3.05, 3.63) is 32.9 Å². The molecule has 1 atom stereocenters. The standard InChI is InChI=1S/C15H19BrINO2/c1-10-5-4-6-12(13(10)17)14(19)18-8-11(7-16)20-15(2,3)9-18/h4-6,11H,7-9H2,1-3H3. The van der Waals surface area contributed by atoms with Gasteiger partial charge in [-0.1, -0.05) is 28.1 Å². The molecule has 1 fully saturated rings. The number of amides is 1. The molecular weight excluding hydrogens is 433 g/mol. The molecule has 1 amide bonds. The molecule has 0 aliphatic carbocycles. The van der Waals surface area contributed by atoms with Gasteiger partial charge in [0.15, 0.2) is 0 Å². The van der Waals surface area contributed by atoms with E-state index in [-0.39, 0.29) is 17.6 Å². The molecule has 1 unspecified atom stereocenters. The Bertz CT molecular complexity index is 519. The Hall–Kier alpha value is -0.140. The fourth-order valence-corrected chi connectivity index (χ4v) is 3.44. The van der Waals surface area contributed by atoms with Gasteiger partial charge < -0.3 is 9.64 Å². The van der Waals surface area contributed by atoms with Crippen LogP contribution in [0.25, 0.3) is 0 Å². The fraction of sp³-hybridized carbons (Fsp3) is 0.533. The van der Waals surface area contributed by atoms with Crippen molar-refractivity contribution in [2.45, 2.75) is 32.5 Å². The topological polar surface area (TPSA) is 29.5 Å². The third-order valence-corrected chi connectivity index (χ3v) is 5.52. The van der Waals surface area contributed by atoms with Gasteiger partial charge in [0.05, 0.1) is 17.3 Å². The number of halogens is 2. The molecule has 0 saturated carbocycles. The third kappa shape index (κ3) is 3.54. The second-order valence-electron chi connectivity index (χ2n) is 5.78. The molecule has 110 valence electrons. The van der Waals surface area contributed by atoms with Crippen molar-refractivity contribution < 1.29 is 9.53 Å². The van der Waals surface area contributed by atoms with Gasteiger partial charge in [0.25, 0.3) is 5.91 Å². The first-order valence-electron chi connectivity index (χ1n) is 6.62. The van der Waals surface area contributed by atoms with Gasteiger partial charge in [-0.3, -0.25) is 4.79 Å². The first-order chi connectivity index (χ1) is 9.34. The maximum Gasteiger partial charge on any atom is 0.255 e. The highest BCUT2D eigenvalue weighted by atomic mass is 127. The second-order valence-corrected chi connectivity index (χ2v) is 7.50. The predicted octanol–water partition coefficient (Wildman–Crippen LogP) is 3.61. The maximum absolute atomic E-state index is 12.8. The van der Waals surface area contributed by atoms with Gasteiger partial charge in [0, 0.05) is 22.0 Å². The molecule has 1 aliphatic heterocycles. The molecule has 5 heteroatoms. The molecule has 0 radical (unpaired) electrons. The number of carbonyl (C=O) groups is 1. The largest absolute Gasteiger partial charge is 0.368 e. The SMILES string of the molecule is Cc1cccc(C(=O)N2CC(CBr)OC(C)(C)C2)c1I. The molecule has 3 nitrogen and oxygen atoms in total. The monoisotopic (exact) mass is 451 g/mol. The number of alkyl halides is 1. The van der Waals surface area contributed by atoms with Crippen LogP contribution >= 0.6 is 38.5 Å². The summed E-state index contributed by atoms with van der Waals surface area (Å²) in [6.45, 7) is 7.35.